The highest BCUT2D eigenvalue weighted by Crippen LogP contribution is 2.27. The van der Waals surface area contributed by atoms with Crippen LogP contribution in [0.1, 0.15) is 6.42 Å². The van der Waals surface area contributed by atoms with Crippen LogP contribution < -0.4 is 15.4 Å². The highest BCUT2D eigenvalue weighted by molar-refractivity contribution is 9.10. The van der Waals surface area contributed by atoms with E-state index in [0.717, 1.165) is 4.47 Å². The average molecular weight is 398 g/mol. The van der Waals surface area contributed by atoms with Crippen molar-refractivity contribution < 1.29 is 14.3 Å². The Kier molecular flexibility index (Phi) is 6.01. The Morgan fingerprint density at radius 2 is 1.74 bits per heavy atom. The zero-order chi connectivity index (χ0) is 16.8. The fraction of sp³-hybridized carbons (Fsp3) is 0.125. The van der Waals surface area contributed by atoms with E-state index < -0.39 is 11.8 Å². The Morgan fingerprint density at radius 3 is 2.30 bits per heavy atom. The number of anilines is 2. The van der Waals surface area contributed by atoms with Gasteiger partial charge in [-0.1, -0.05) is 33.6 Å². The molecule has 0 atom stereocenters. The molecule has 0 aliphatic carbocycles. The number of amides is 2. The third-order valence-corrected chi connectivity index (χ3v) is 3.65. The van der Waals surface area contributed by atoms with Crippen molar-refractivity contribution in [2.24, 2.45) is 0 Å². The summed E-state index contributed by atoms with van der Waals surface area (Å²) in [5, 5.41) is 5.64. The zero-order valence-corrected chi connectivity index (χ0v) is 14.6. The lowest BCUT2D eigenvalue weighted by Gasteiger charge is -2.08. The van der Waals surface area contributed by atoms with E-state index in [1.165, 1.54) is 7.11 Å². The van der Waals surface area contributed by atoms with E-state index in [-0.39, 0.29) is 6.42 Å². The van der Waals surface area contributed by atoms with Crippen molar-refractivity contribution in [2.75, 3.05) is 17.7 Å². The molecule has 0 unspecified atom stereocenters. The van der Waals surface area contributed by atoms with Crippen LogP contribution in [-0.2, 0) is 9.59 Å². The number of benzene rings is 2. The van der Waals surface area contributed by atoms with Crippen LogP contribution in [-0.4, -0.2) is 18.9 Å². The lowest BCUT2D eigenvalue weighted by molar-refractivity contribution is -0.123. The fourth-order valence-corrected chi connectivity index (χ4v) is 2.52. The second-order valence-corrected chi connectivity index (χ2v) is 5.96. The number of halogens is 2. The first kappa shape index (κ1) is 17.3. The van der Waals surface area contributed by atoms with E-state index in [4.69, 9.17) is 16.3 Å². The summed E-state index contributed by atoms with van der Waals surface area (Å²) in [4.78, 5) is 23.7. The van der Waals surface area contributed by atoms with Gasteiger partial charge in [0.1, 0.15) is 12.2 Å². The van der Waals surface area contributed by atoms with Crippen LogP contribution in [0, 0.1) is 0 Å². The quantitative estimate of drug-likeness (QED) is 0.747. The average Bonchev–Trinajstić information content (AvgIpc) is 2.47. The summed E-state index contributed by atoms with van der Waals surface area (Å²) in [6.45, 7) is 0. The van der Waals surface area contributed by atoms with Crippen LogP contribution in [0.3, 0.4) is 0 Å². The summed E-state index contributed by atoms with van der Waals surface area (Å²) >= 11 is 9.29. The van der Waals surface area contributed by atoms with Crippen LogP contribution in [0.4, 0.5) is 11.4 Å². The van der Waals surface area contributed by atoms with Crippen molar-refractivity contribution in [3.05, 3.63) is 52.0 Å². The maximum absolute atomic E-state index is 11.9. The van der Waals surface area contributed by atoms with Gasteiger partial charge in [0, 0.05) is 15.8 Å². The number of hydrogen-bond acceptors (Lipinski definition) is 3. The molecule has 0 aliphatic heterocycles. The van der Waals surface area contributed by atoms with Gasteiger partial charge in [0.25, 0.3) is 0 Å². The molecule has 0 spiro atoms. The van der Waals surface area contributed by atoms with Gasteiger partial charge >= 0.3 is 0 Å². The maximum atomic E-state index is 11.9. The molecular formula is C16H14BrClN2O3. The van der Waals surface area contributed by atoms with Crippen LogP contribution in [0.2, 0.25) is 5.02 Å². The summed E-state index contributed by atoms with van der Waals surface area (Å²) in [6, 6.07) is 12.0. The van der Waals surface area contributed by atoms with E-state index in [1.54, 1.807) is 36.4 Å². The minimum absolute atomic E-state index is 0.295. The molecule has 2 N–H and O–H groups in total. The summed E-state index contributed by atoms with van der Waals surface area (Å²) < 4.78 is 5.87. The lowest BCUT2D eigenvalue weighted by atomic mass is 10.2. The first-order valence-electron chi connectivity index (χ1n) is 6.67. The van der Waals surface area contributed by atoms with E-state index in [9.17, 15) is 9.59 Å². The molecule has 2 aromatic carbocycles. The summed E-state index contributed by atoms with van der Waals surface area (Å²) in [6.07, 6.45) is -0.295. The highest BCUT2D eigenvalue weighted by Gasteiger charge is 2.11. The van der Waals surface area contributed by atoms with Crippen LogP contribution in [0.5, 0.6) is 5.75 Å². The van der Waals surface area contributed by atoms with Gasteiger partial charge in [0.2, 0.25) is 11.8 Å². The molecule has 120 valence electrons. The Hall–Kier alpha value is -2.05. The van der Waals surface area contributed by atoms with Crippen molar-refractivity contribution in [2.45, 2.75) is 6.42 Å². The number of nitrogens with one attached hydrogen (secondary N) is 2. The smallest absolute Gasteiger partial charge is 0.233 e. The molecule has 0 bridgehead atoms. The number of carbonyl (C=O) groups excluding carboxylic acids is 2. The van der Waals surface area contributed by atoms with Crippen molar-refractivity contribution in [3.8, 4) is 5.75 Å². The number of ether oxygens (including phenoxy) is 1. The molecule has 0 fully saturated rings. The molecule has 0 aromatic heterocycles. The zero-order valence-electron chi connectivity index (χ0n) is 12.2. The van der Waals surface area contributed by atoms with Gasteiger partial charge in [0.05, 0.1) is 12.1 Å². The molecule has 0 saturated heterocycles. The summed E-state index contributed by atoms with van der Waals surface area (Å²) in [7, 11) is 1.51. The molecule has 2 rings (SSSR count). The Bertz CT molecular complexity index is 737. The number of methoxy groups -OCH3 is 1. The Morgan fingerprint density at radius 1 is 1.09 bits per heavy atom. The number of carbonyl (C=O) groups is 2. The van der Waals surface area contributed by atoms with Gasteiger partial charge in [0.15, 0.2) is 0 Å². The second-order valence-electron chi connectivity index (χ2n) is 4.63. The third kappa shape index (κ3) is 5.26. The van der Waals surface area contributed by atoms with Crippen LogP contribution in [0.15, 0.2) is 46.9 Å². The molecule has 7 heteroatoms. The Balaban J connectivity index is 1.91. The summed E-state index contributed by atoms with van der Waals surface area (Å²) in [5.41, 5.74) is 1.11. The molecule has 0 heterocycles. The van der Waals surface area contributed by atoms with Crippen molar-refractivity contribution >= 4 is 50.7 Å². The standard InChI is InChI=1S/C16H14BrClN2O3/c1-23-14-6-5-12(8-13(14)18)20-16(22)9-15(21)19-11-4-2-3-10(17)7-11/h2-8H,9H2,1H3,(H,19,21)(H,20,22). The molecule has 2 aromatic rings. The van der Waals surface area contributed by atoms with Gasteiger partial charge in [-0.3, -0.25) is 9.59 Å². The van der Waals surface area contributed by atoms with E-state index >= 15 is 0 Å². The van der Waals surface area contributed by atoms with Crippen molar-refractivity contribution in [1.29, 1.82) is 0 Å². The van der Waals surface area contributed by atoms with Gasteiger partial charge in [-0.2, -0.15) is 0 Å². The third-order valence-electron chi connectivity index (χ3n) is 2.87. The SMILES string of the molecule is COc1ccc(NC(=O)CC(=O)Nc2cccc(Br)c2)cc1Cl. The molecule has 5 nitrogen and oxygen atoms in total. The van der Waals surface area contributed by atoms with Crippen LogP contribution in [0.25, 0.3) is 0 Å². The highest BCUT2D eigenvalue weighted by atomic mass is 79.9. The minimum Gasteiger partial charge on any atom is -0.495 e. The largest absolute Gasteiger partial charge is 0.495 e. The molecule has 23 heavy (non-hydrogen) atoms. The van der Waals surface area contributed by atoms with Gasteiger partial charge < -0.3 is 15.4 Å². The number of rotatable bonds is 5. The maximum Gasteiger partial charge on any atom is 0.233 e. The van der Waals surface area contributed by atoms with Crippen molar-refractivity contribution in [1.82, 2.24) is 0 Å². The predicted octanol–water partition coefficient (Wildman–Crippen LogP) is 4.08. The van der Waals surface area contributed by atoms with Gasteiger partial charge in [-0.25, -0.2) is 0 Å². The minimum atomic E-state index is -0.432. The van der Waals surface area contributed by atoms with E-state index in [1.807, 2.05) is 6.07 Å². The van der Waals surface area contributed by atoms with Crippen molar-refractivity contribution in [3.63, 3.8) is 0 Å². The predicted molar refractivity (Wildman–Crippen MR) is 94.0 cm³/mol. The summed E-state index contributed by atoms with van der Waals surface area (Å²) in [5.74, 6) is -0.323. The van der Waals surface area contributed by atoms with E-state index in [0.29, 0.717) is 22.1 Å². The first-order valence-corrected chi connectivity index (χ1v) is 7.84. The number of hydrogen-bond donors (Lipinski definition) is 2. The molecule has 0 saturated carbocycles. The molecule has 0 aliphatic rings. The Labute approximate surface area is 147 Å². The molecular weight excluding hydrogens is 384 g/mol. The van der Waals surface area contributed by atoms with Gasteiger partial charge in [-0.05, 0) is 36.4 Å². The van der Waals surface area contributed by atoms with Crippen LogP contribution >= 0.6 is 27.5 Å². The van der Waals surface area contributed by atoms with E-state index in [2.05, 4.69) is 26.6 Å². The van der Waals surface area contributed by atoms with Gasteiger partial charge in [-0.15, -0.1) is 0 Å². The topological polar surface area (TPSA) is 67.4 Å². The fourth-order valence-electron chi connectivity index (χ4n) is 1.87. The molecule has 0 radical (unpaired) electrons. The normalized spacial score (nSPS) is 10.0. The monoisotopic (exact) mass is 396 g/mol. The lowest BCUT2D eigenvalue weighted by Crippen LogP contribution is -2.21. The second kappa shape index (κ2) is 7.99. The first-order chi connectivity index (χ1) is 11.0. The molecule has 2 amide bonds.